The van der Waals surface area contributed by atoms with Crippen molar-refractivity contribution in [1.29, 1.82) is 0 Å². The number of fused-ring (bicyclic) bond motifs is 4. The number of hydrogen-bond acceptors (Lipinski definition) is 5. The summed E-state index contributed by atoms with van der Waals surface area (Å²) in [5, 5.41) is 13.4. The van der Waals surface area contributed by atoms with E-state index in [0.717, 1.165) is 52.5 Å². The average Bonchev–Trinajstić information content (AvgIpc) is 3.46. The Labute approximate surface area is 337 Å². The summed E-state index contributed by atoms with van der Waals surface area (Å²) in [4.78, 5) is 21.3. The SMILES string of the molecule is CC(C)C(c1ccc2c(c1)sc1c(-c3[c-]c4ccccc4c(C(C)(C)C)c3)ncnc12)(C(C)C)C(C)C.CCC(CC)C(=O)/C=C(\O)C(CC)CC.[Ir]. The van der Waals surface area contributed by atoms with E-state index in [-0.39, 0.29) is 54.3 Å². The van der Waals surface area contributed by atoms with Gasteiger partial charge in [0.15, 0.2) is 5.78 Å². The molecule has 5 rings (SSSR count). The van der Waals surface area contributed by atoms with E-state index in [0.29, 0.717) is 17.8 Å². The maximum absolute atomic E-state index is 11.7. The third-order valence-electron chi connectivity index (χ3n) is 11.5. The maximum Gasteiger partial charge on any atom is 0.162 e. The van der Waals surface area contributed by atoms with Crippen LogP contribution in [-0.4, -0.2) is 20.9 Å². The van der Waals surface area contributed by atoms with Gasteiger partial charge in [-0.15, -0.1) is 40.5 Å². The minimum atomic E-state index is 0. The summed E-state index contributed by atoms with van der Waals surface area (Å²) < 4.78 is 2.43. The summed E-state index contributed by atoms with van der Waals surface area (Å²) in [5.74, 6) is 2.17. The monoisotopic (exact) mass is 912 g/mol. The van der Waals surface area contributed by atoms with Gasteiger partial charge in [0.05, 0.1) is 11.3 Å². The number of aliphatic hydroxyl groups is 1. The van der Waals surface area contributed by atoms with Crippen molar-refractivity contribution in [2.45, 2.75) is 127 Å². The quantitative estimate of drug-likeness (QED) is 0.0769. The van der Waals surface area contributed by atoms with Crippen LogP contribution in [0.3, 0.4) is 0 Å². The molecular weight excluding hydrogens is 849 g/mol. The number of thiophene rings is 1. The molecule has 6 heteroatoms. The van der Waals surface area contributed by atoms with Gasteiger partial charge in [0.1, 0.15) is 6.33 Å². The molecule has 0 bridgehead atoms. The summed E-state index contributed by atoms with van der Waals surface area (Å²) in [6, 6.07) is 21.7. The van der Waals surface area contributed by atoms with Crippen molar-refractivity contribution >= 4 is 48.2 Å². The number of rotatable bonds is 12. The van der Waals surface area contributed by atoms with Crippen LogP contribution in [0, 0.1) is 35.7 Å². The van der Waals surface area contributed by atoms with E-state index >= 15 is 0 Å². The van der Waals surface area contributed by atoms with E-state index in [9.17, 15) is 9.90 Å². The molecular formula is C47H63IrN2O2S-. The zero-order chi connectivity index (χ0) is 38.5. The molecule has 4 nitrogen and oxygen atoms in total. The molecule has 0 saturated heterocycles. The van der Waals surface area contributed by atoms with Gasteiger partial charge in [0.2, 0.25) is 0 Å². The fourth-order valence-corrected chi connectivity index (χ4v) is 9.99. The van der Waals surface area contributed by atoms with Crippen molar-refractivity contribution in [2.24, 2.45) is 29.6 Å². The van der Waals surface area contributed by atoms with Crippen molar-refractivity contribution in [3.8, 4) is 11.3 Å². The van der Waals surface area contributed by atoms with Crippen molar-refractivity contribution in [1.82, 2.24) is 9.97 Å². The minimum Gasteiger partial charge on any atom is -0.512 e. The molecule has 0 aliphatic carbocycles. The van der Waals surface area contributed by atoms with Crippen LogP contribution in [0.25, 0.3) is 42.3 Å². The van der Waals surface area contributed by atoms with Gasteiger partial charge in [-0.2, -0.15) is 0 Å². The largest absolute Gasteiger partial charge is 0.512 e. The molecule has 53 heavy (non-hydrogen) atoms. The fraction of sp³-hybridized carbons (Fsp3) is 0.511. The first kappa shape index (κ1) is 44.5. The Morgan fingerprint density at radius 2 is 1.40 bits per heavy atom. The topological polar surface area (TPSA) is 63.1 Å². The molecule has 0 spiro atoms. The summed E-state index contributed by atoms with van der Waals surface area (Å²) in [5.41, 5.74) is 5.96. The molecule has 3 aromatic carbocycles. The minimum absolute atomic E-state index is 0. The summed E-state index contributed by atoms with van der Waals surface area (Å²) in [6.07, 6.45) is 6.63. The first-order chi connectivity index (χ1) is 24.6. The van der Waals surface area contributed by atoms with Gasteiger partial charge in [-0.3, -0.25) is 9.78 Å². The zero-order valence-electron chi connectivity index (χ0n) is 34.5. The molecule has 0 aliphatic rings. The van der Waals surface area contributed by atoms with E-state index in [1.807, 2.05) is 39.0 Å². The van der Waals surface area contributed by atoms with Crippen LogP contribution in [0.1, 0.15) is 127 Å². The Morgan fingerprint density at radius 1 is 0.811 bits per heavy atom. The molecule has 0 saturated carbocycles. The second-order valence-corrected chi connectivity index (χ2v) is 17.6. The number of carbonyl (C=O) groups excluding carboxylic acids is 1. The third kappa shape index (κ3) is 9.14. The average molecular weight is 912 g/mol. The molecule has 1 N–H and O–H groups in total. The molecule has 0 atom stereocenters. The van der Waals surface area contributed by atoms with E-state index in [1.165, 1.54) is 32.7 Å². The van der Waals surface area contributed by atoms with Crippen LogP contribution in [0.2, 0.25) is 0 Å². The van der Waals surface area contributed by atoms with E-state index in [1.54, 1.807) is 6.33 Å². The first-order valence-electron chi connectivity index (χ1n) is 19.6. The van der Waals surface area contributed by atoms with Gasteiger partial charge in [0.25, 0.3) is 0 Å². The van der Waals surface area contributed by atoms with E-state index < -0.39 is 0 Å². The molecule has 0 fully saturated rings. The Morgan fingerprint density at radius 3 is 1.94 bits per heavy atom. The van der Waals surface area contributed by atoms with Crippen molar-refractivity contribution in [3.63, 3.8) is 0 Å². The Balaban J connectivity index is 0.000000403. The fourth-order valence-electron chi connectivity index (χ4n) is 8.79. The van der Waals surface area contributed by atoms with Crippen molar-refractivity contribution < 1.29 is 30.0 Å². The normalized spacial score (nSPS) is 12.8. The van der Waals surface area contributed by atoms with Gasteiger partial charge in [-0.05, 0) is 60.5 Å². The number of allylic oxidation sites excluding steroid dienone is 2. The Bertz CT molecular complexity index is 1990. The number of hydrogen-bond donors (Lipinski definition) is 1. The van der Waals surface area contributed by atoms with Crippen LogP contribution >= 0.6 is 11.3 Å². The van der Waals surface area contributed by atoms with Crippen molar-refractivity contribution in [2.75, 3.05) is 0 Å². The zero-order valence-corrected chi connectivity index (χ0v) is 37.7. The summed E-state index contributed by atoms with van der Waals surface area (Å²) >= 11 is 1.82. The first-order valence-corrected chi connectivity index (χ1v) is 20.5. The Kier molecular flexibility index (Phi) is 15.6. The number of aromatic nitrogens is 2. The number of nitrogens with zero attached hydrogens (tertiary/aromatic N) is 2. The number of ketones is 1. The van der Waals surface area contributed by atoms with Crippen LogP contribution in [0.4, 0.5) is 0 Å². The standard InChI is InChI=1S/C34H39N2S.C13H24O2.Ir/c1-20(2)34(21(3)4,22(5)6)25-14-15-27-29(18-25)37-32-30(35-19-36-31(27)32)24-16-23-12-10-11-13-26(23)28(17-24)33(7,8)9;1-5-10(6-2)12(14)9-13(15)11(7-3)8-4;/h10-15,17-22H,1-9H3;9-11,14H,5-8H2,1-4H3;/q-1;;/b;12-9-;. The van der Waals surface area contributed by atoms with Gasteiger partial charge < -0.3 is 5.11 Å². The number of aliphatic hydroxyl groups excluding tert-OH is 1. The van der Waals surface area contributed by atoms with Gasteiger partial charge >= 0.3 is 0 Å². The third-order valence-corrected chi connectivity index (χ3v) is 12.7. The molecule has 2 aromatic heterocycles. The molecule has 0 amide bonds. The summed E-state index contributed by atoms with van der Waals surface area (Å²) in [6.45, 7) is 29.2. The smallest absolute Gasteiger partial charge is 0.162 e. The summed E-state index contributed by atoms with van der Waals surface area (Å²) in [7, 11) is 0. The maximum atomic E-state index is 11.7. The van der Waals surface area contributed by atoms with Crippen LogP contribution < -0.4 is 0 Å². The molecule has 1 radical (unpaired) electrons. The van der Waals surface area contributed by atoms with Gasteiger partial charge in [0, 0.05) is 63.9 Å². The molecule has 2 heterocycles. The second-order valence-electron chi connectivity index (χ2n) is 16.5. The van der Waals surface area contributed by atoms with Crippen molar-refractivity contribution in [3.05, 3.63) is 83.9 Å². The van der Waals surface area contributed by atoms with E-state index in [4.69, 9.17) is 9.97 Å². The van der Waals surface area contributed by atoms with Gasteiger partial charge in [-0.1, -0.05) is 131 Å². The van der Waals surface area contributed by atoms with Crippen LogP contribution in [-0.2, 0) is 35.7 Å². The predicted molar refractivity (Wildman–Crippen MR) is 225 cm³/mol. The van der Waals surface area contributed by atoms with Crippen LogP contribution in [0.5, 0.6) is 0 Å². The molecule has 0 aliphatic heterocycles. The number of carbonyl (C=O) groups is 1. The molecule has 5 aromatic rings. The second kappa shape index (κ2) is 18.6. The Hall–Kier alpha value is -2.92. The molecule has 289 valence electrons. The van der Waals surface area contributed by atoms with Gasteiger partial charge in [-0.25, -0.2) is 4.98 Å². The number of benzene rings is 3. The molecule has 0 unspecified atom stereocenters. The van der Waals surface area contributed by atoms with E-state index in [2.05, 4.69) is 117 Å². The van der Waals surface area contributed by atoms with Crippen LogP contribution in [0.15, 0.2) is 66.7 Å². The predicted octanol–water partition coefficient (Wildman–Crippen LogP) is 13.8.